The zero-order valence-corrected chi connectivity index (χ0v) is 63.1. The Balaban J connectivity index is 1.99. The number of hydrogen-bond donors (Lipinski definition) is 11. The molecule has 3 aromatic carbocycles. The molecule has 0 aromatic heterocycles. The summed E-state index contributed by atoms with van der Waals surface area (Å²) in [6.45, 7) is 12.0. The number of amides is 9. The lowest BCUT2D eigenvalue weighted by atomic mass is 10.00. The summed E-state index contributed by atoms with van der Waals surface area (Å²) in [4.78, 5) is 163. The molecule has 0 fully saturated rings. The summed E-state index contributed by atoms with van der Waals surface area (Å²) >= 11 is 4.58. The minimum atomic E-state index is -1.33. The summed E-state index contributed by atoms with van der Waals surface area (Å²) in [7, 11) is 1.19. The Morgan fingerprint density at radius 3 is 1.04 bits per heavy atom. The van der Waals surface area contributed by atoms with E-state index in [1.807, 2.05) is 121 Å². The lowest BCUT2D eigenvalue weighted by Crippen LogP contribution is -2.59. The van der Waals surface area contributed by atoms with Crippen LogP contribution >= 0.6 is 35.3 Å². The Bertz CT molecular complexity index is 2980. The van der Waals surface area contributed by atoms with Crippen LogP contribution in [0.2, 0.25) is 0 Å². The number of thioether (sulfide) groups is 3. The van der Waals surface area contributed by atoms with E-state index in [0.717, 1.165) is 11.1 Å². The van der Waals surface area contributed by atoms with Gasteiger partial charge in [-0.15, -0.1) is 0 Å². The van der Waals surface area contributed by atoms with Crippen molar-refractivity contribution in [2.75, 3.05) is 56.2 Å². The molecule has 11 N–H and O–H groups in total. The normalized spacial score (nSPS) is 14.5. The summed E-state index contributed by atoms with van der Waals surface area (Å²) in [5, 5.41) is 32.1. The van der Waals surface area contributed by atoms with E-state index in [9.17, 15) is 57.5 Å². The standard InChI is InChI=1S/C74H113N11O13S3/c1-49(2)40-62(70(93)78-55(46-86)32-37-99-8)83-68(91)60(43-52-24-14-11-15-25-52)75-35-22-20-30-58(80-73(96)65(45-54-28-18-13-19-29-54)85-72(95)64(42-51(5)6)82-66(89)57(77-48-88)34-39-101-10)67(90)81-59(74(97)98-7)31-21-23-36-76-61(44-53-26-16-12-17-27-53)69(92)84-63(41-50(3)4)71(94)79-56(47-87)33-38-100-9/h11-19,24-29,46-51,55-65,75-76H,20-23,30-45H2,1-10H3,(H,77,88)(H,78,93)(H,79,94)(H,80,96)(H,81,90)(H,82,89)(H,83,91)(H,84,92)(H,85,95)/t55-,56-,57-,58-,59-,60-,61-,62-,63-,64-,65-/m0/s1. The van der Waals surface area contributed by atoms with Gasteiger partial charge in [-0.1, -0.05) is 133 Å². The van der Waals surface area contributed by atoms with Crippen molar-refractivity contribution in [3.63, 3.8) is 0 Å². The zero-order valence-electron chi connectivity index (χ0n) is 60.6. The Kier molecular flexibility index (Phi) is 44.3. The number of hydrogen-bond acceptors (Lipinski definition) is 18. The molecule has 24 nitrogen and oxygen atoms in total. The van der Waals surface area contributed by atoms with Crippen LogP contribution in [0.4, 0.5) is 0 Å². The number of benzene rings is 3. The lowest BCUT2D eigenvalue weighted by molar-refractivity contribution is -0.145. The quantitative estimate of drug-likeness (QED) is 0.0203. The molecule has 0 saturated carbocycles. The maximum absolute atomic E-state index is 15.0. The Hall–Kier alpha value is -7.33. The van der Waals surface area contributed by atoms with Gasteiger partial charge in [0.05, 0.1) is 31.3 Å². The first-order valence-corrected chi connectivity index (χ1v) is 39.3. The molecule has 11 atom stereocenters. The van der Waals surface area contributed by atoms with Crippen LogP contribution in [-0.2, 0) is 81.5 Å². The highest BCUT2D eigenvalue weighted by atomic mass is 32.2. The molecule has 0 aliphatic heterocycles. The van der Waals surface area contributed by atoms with Gasteiger partial charge < -0.3 is 72.8 Å². The van der Waals surface area contributed by atoms with E-state index in [1.165, 1.54) is 18.9 Å². The first-order valence-electron chi connectivity index (χ1n) is 35.2. The number of carbonyl (C=O) groups is 12. The summed E-state index contributed by atoms with van der Waals surface area (Å²) < 4.78 is 5.22. The van der Waals surface area contributed by atoms with Gasteiger partial charge in [-0.3, -0.25) is 43.2 Å². The fourth-order valence-electron chi connectivity index (χ4n) is 11.2. The fourth-order valence-corrected chi connectivity index (χ4v) is 12.6. The first kappa shape index (κ1) is 87.9. The fraction of sp³-hybridized carbons (Fsp3) is 0.595. The molecule has 560 valence electrons. The van der Waals surface area contributed by atoms with Crippen molar-refractivity contribution in [1.29, 1.82) is 0 Å². The van der Waals surface area contributed by atoms with Gasteiger partial charge in [-0.05, 0) is 173 Å². The van der Waals surface area contributed by atoms with Crippen LogP contribution in [0.3, 0.4) is 0 Å². The highest BCUT2D eigenvalue weighted by Gasteiger charge is 2.35. The van der Waals surface area contributed by atoms with E-state index >= 15 is 0 Å². The highest BCUT2D eigenvalue weighted by Crippen LogP contribution is 2.16. The number of carbonyl (C=O) groups excluding carboxylic acids is 12. The number of unbranched alkanes of at least 4 members (excludes halogenated alkanes) is 2. The van der Waals surface area contributed by atoms with E-state index in [4.69, 9.17) is 4.74 Å². The lowest BCUT2D eigenvalue weighted by Gasteiger charge is -2.28. The Morgan fingerprint density at radius 1 is 0.366 bits per heavy atom. The largest absolute Gasteiger partial charge is 0.467 e. The van der Waals surface area contributed by atoms with Gasteiger partial charge in [0, 0.05) is 6.42 Å². The molecule has 0 unspecified atom stereocenters. The van der Waals surface area contributed by atoms with E-state index in [2.05, 4.69) is 58.5 Å². The number of rotatable bonds is 54. The van der Waals surface area contributed by atoms with Crippen molar-refractivity contribution in [3.8, 4) is 0 Å². The van der Waals surface area contributed by atoms with Crippen molar-refractivity contribution in [2.24, 2.45) is 17.8 Å². The third-order valence-corrected chi connectivity index (χ3v) is 18.6. The molecule has 3 aromatic rings. The van der Waals surface area contributed by atoms with Crippen LogP contribution in [0.25, 0.3) is 0 Å². The van der Waals surface area contributed by atoms with Crippen LogP contribution in [0, 0.1) is 17.8 Å². The van der Waals surface area contributed by atoms with Crippen LogP contribution in [0.15, 0.2) is 91.0 Å². The molecule has 3 rings (SSSR count). The predicted molar refractivity (Wildman–Crippen MR) is 402 cm³/mol. The molecule has 0 radical (unpaired) electrons. The molecule has 0 bridgehead atoms. The second kappa shape index (κ2) is 50.9. The SMILES string of the molecule is COC(=O)[C@H](CCCCN[C@@H](Cc1ccccc1)C(=O)N[C@@H](CC(C)C)C(=O)N[C@H](C=O)CCSC)NC(=O)[C@H](CCCCN[C@@H](Cc1ccccc1)C(=O)N[C@@H](CC(C)C)C(=O)N[C@H](C=O)CCSC)NC(=O)[C@H](Cc1ccccc1)NC(=O)[C@H](CC(C)C)NC(=O)[C@H](CCSC)NC=O. The number of nitrogens with one attached hydrogen (secondary N) is 11. The maximum atomic E-state index is 15.0. The van der Waals surface area contributed by atoms with Gasteiger partial charge in [0.2, 0.25) is 53.7 Å². The number of aldehydes is 2. The number of esters is 1. The van der Waals surface area contributed by atoms with Crippen LogP contribution < -0.4 is 58.5 Å². The molecule has 0 heterocycles. The van der Waals surface area contributed by atoms with Gasteiger partial charge in [-0.2, -0.15) is 35.3 Å². The monoisotopic (exact) mass is 1460 g/mol. The van der Waals surface area contributed by atoms with Crippen LogP contribution in [-0.4, -0.2) is 195 Å². The average Bonchev–Trinajstić information content (AvgIpc) is 0.875. The third-order valence-electron chi connectivity index (χ3n) is 16.6. The van der Waals surface area contributed by atoms with Gasteiger partial charge in [0.25, 0.3) is 0 Å². The summed E-state index contributed by atoms with van der Waals surface area (Å²) in [5.41, 5.74) is 2.36. The van der Waals surface area contributed by atoms with E-state index in [-0.39, 0.29) is 75.8 Å². The molecule has 0 aliphatic rings. The Morgan fingerprint density at radius 2 is 0.673 bits per heavy atom. The van der Waals surface area contributed by atoms with Crippen molar-refractivity contribution in [1.82, 2.24) is 58.5 Å². The molecular weight excluding hydrogens is 1350 g/mol. The minimum Gasteiger partial charge on any atom is -0.467 e. The molecule has 101 heavy (non-hydrogen) atoms. The smallest absolute Gasteiger partial charge is 0.328 e. The summed E-state index contributed by atoms with van der Waals surface area (Å²) in [5.74, 6) is -3.53. The second-order valence-electron chi connectivity index (χ2n) is 26.5. The maximum Gasteiger partial charge on any atom is 0.328 e. The molecule has 27 heteroatoms. The van der Waals surface area contributed by atoms with Crippen molar-refractivity contribution >= 4 is 107 Å². The van der Waals surface area contributed by atoms with Crippen molar-refractivity contribution in [3.05, 3.63) is 108 Å². The third kappa shape index (κ3) is 35.9. The molecule has 0 saturated heterocycles. The minimum absolute atomic E-state index is 0.00285. The van der Waals surface area contributed by atoms with Crippen molar-refractivity contribution < 1.29 is 62.3 Å². The van der Waals surface area contributed by atoms with Gasteiger partial charge in [0.1, 0.15) is 54.9 Å². The van der Waals surface area contributed by atoms with Crippen molar-refractivity contribution in [2.45, 2.75) is 204 Å². The van der Waals surface area contributed by atoms with E-state index in [1.54, 1.807) is 53.9 Å². The molecule has 9 amide bonds. The highest BCUT2D eigenvalue weighted by molar-refractivity contribution is 7.99. The zero-order chi connectivity index (χ0) is 74.5. The summed E-state index contributed by atoms with van der Waals surface area (Å²) in [6.07, 6.45) is 11.4. The topological polar surface area (TPSA) is 346 Å². The van der Waals surface area contributed by atoms with Crippen LogP contribution in [0.5, 0.6) is 0 Å². The van der Waals surface area contributed by atoms with Gasteiger partial charge in [0.15, 0.2) is 0 Å². The first-order chi connectivity index (χ1) is 48.5. The molecular formula is C74H113N11O13S3. The number of ether oxygens (including phenoxy) is 1. The summed E-state index contributed by atoms with van der Waals surface area (Å²) in [6, 6.07) is 16.7. The average molecular weight is 1460 g/mol. The second-order valence-corrected chi connectivity index (χ2v) is 29.5. The Labute approximate surface area is 610 Å². The van der Waals surface area contributed by atoms with Gasteiger partial charge in [-0.25, -0.2) is 4.79 Å². The van der Waals surface area contributed by atoms with Gasteiger partial charge >= 0.3 is 5.97 Å². The van der Waals surface area contributed by atoms with Crippen LogP contribution in [0.1, 0.15) is 135 Å². The predicted octanol–water partition coefficient (Wildman–Crippen LogP) is 4.93. The molecule has 0 aliphatic carbocycles. The van der Waals surface area contributed by atoms with E-state index < -0.39 is 120 Å². The molecule has 0 spiro atoms. The number of methoxy groups -OCH3 is 1. The van der Waals surface area contributed by atoms with E-state index in [0.29, 0.717) is 93.2 Å².